The highest BCUT2D eigenvalue weighted by Gasteiger charge is 2.14. The van der Waals surface area contributed by atoms with Crippen molar-refractivity contribution >= 4 is 22.7 Å². The maximum absolute atomic E-state index is 6.04. The summed E-state index contributed by atoms with van der Waals surface area (Å²) in [5.74, 6) is 0. The van der Waals surface area contributed by atoms with Gasteiger partial charge in [0.15, 0.2) is 0 Å². The van der Waals surface area contributed by atoms with Crippen LogP contribution in [-0.2, 0) is 0 Å². The molecule has 4 heteroatoms. The lowest BCUT2D eigenvalue weighted by Crippen LogP contribution is -2.29. The van der Waals surface area contributed by atoms with Crippen LogP contribution in [-0.4, -0.2) is 21.3 Å². The number of rotatable bonds is 4. The molecule has 0 fully saturated rings. The predicted molar refractivity (Wildman–Crippen MR) is 73.1 cm³/mol. The van der Waals surface area contributed by atoms with Gasteiger partial charge in [0.25, 0.3) is 0 Å². The molecule has 0 saturated heterocycles. The number of hydrogen-bond donors (Lipinski definition) is 1. The van der Waals surface area contributed by atoms with Crippen LogP contribution in [0.5, 0.6) is 0 Å². The van der Waals surface area contributed by atoms with Crippen LogP contribution < -0.4 is 5.73 Å². The molecule has 0 spiro atoms. The van der Waals surface area contributed by atoms with E-state index in [4.69, 9.17) is 5.73 Å². The highest BCUT2D eigenvalue weighted by molar-refractivity contribution is 8.00. The van der Waals surface area contributed by atoms with Crippen LogP contribution >= 0.6 is 11.8 Å². The third-order valence-electron chi connectivity index (χ3n) is 2.88. The molecule has 3 nitrogen and oxygen atoms in total. The Kier molecular flexibility index (Phi) is 3.97. The fourth-order valence-electron chi connectivity index (χ4n) is 1.67. The lowest BCUT2D eigenvalue weighted by atomic mass is 10.2. The topological polar surface area (TPSA) is 51.8 Å². The first-order valence-corrected chi connectivity index (χ1v) is 6.72. The van der Waals surface area contributed by atoms with E-state index in [0.29, 0.717) is 5.25 Å². The van der Waals surface area contributed by atoms with Crippen LogP contribution in [0.25, 0.3) is 10.9 Å². The standard InChI is InChI=1S/C13H17N3S/c1-3-11(14)9(2)17-13-10-6-4-5-7-12(10)15-8-16-13/h4-9,11H,3,14H2,1-2H3. The molecular weight excluding hydrogens is 230 g/mol. The summed E-state index contributed by atoms with van der Waals surface area (Å²) < 4.78 is 0. The molecule has 2 unspecified atom stereocenters. The number of nitrogens with zero attached hydrogens (tertiary/aromatic N) is 2. The lowest BCUT2D eigenvalue weighted by Gasteiger charge is -2.17. The molecule has 90 valence electrons. The molecule has 2 aromatic rings. The molecule has 1 heterocycles. The van der Waals surface area contributed by atoms with E-state index in [1.54, 1.807) is 18.1 Å². The molecule has 17 heavy (non-hydrogen) atoms. The number of benzene rings is 1. The van der Waals surface area contributed by atoms with Gasteiger partial charge in [0.2, 0.25) is 0 Å². The summed E-state index contributed by atoms with van der Waals surface area (Å²) in [6.45, 7) is 4.26. The quantitative estimate of drug-likeness (QED) is 0.666. The lowest BCUT2D eigenvalue weighted by molar-refractivity contribution is 0.642. The first-order chi connectivity index (χ1) is 8.22. The van der Waals surface area contributed by atoms with Crippen LogP contribution in [0.4, 0.5) is 0 Å². The first kappa shape index (κ1) is 12.3. The van der Waals surface area contributed by atoms with Crippen molar-refractivity contribution in [2.24, 2.45) is 5.73 Å². The van der Waals surface area contributed by atoms with Crippen molar-refractivity contribution in [1.29, 1.82) is 0 Å². The summed E-state index contributed by atoms with van der Waals surface area (Å²) in [6, 6.07) is 8.27. The van der Waals surface area contributed by atoms with Crippen molar-refractivity contribution in [3.63, 3.8) is 0 Å². The Morgan fingerprint density at radius 2 is 2.06 bits per heavy atom. The first-order valence-electron chi connectivity index (χ1n) is 5.84. The van der Waals surface area contributed by atoms with Gasteiger partial charge in [0.1, 0.15) is 11.4 Å². The second-order valence-corrected chi connectivity index (χ2v) is 5.46. The molecule has 2 N–H and O–H groups in total. The fourth-order valence-corrected chi connectivity index (χ4v) is 2.80. The van der Waals surface area contributed by atoms with E-state index < -0.39 is 0 Å². The molecule has 2 rings (SSSR count). The third-order valence-corrected chi connectivity index (χ3v) is 4.15. The van der Waals surface area contributed by atoms with Crippen LogP contribution in [0, 0.1) is 0 Å². The number of thioether (sulfide) groups is 1. The molecule has 0 aliphatic heterocycles. The van der Waals surface area contributed by atoms with Crippen molar-refractivity contribution in [2.45, 2.75) is 36.6 Å². The summed E-state index contributed by atoms with van der Waals surface area (Å²) >= 11 is 1.73. The van der Waals surface area contributed by atoms with E-state index in [9.17, 15) is 0 Å². The van der Waals surface area contributed by atoms with Crippen molar-refractivity contribution in [3.8, 4) is 0 Å². The van der Waals surface area contributed by atoms with E-state index in [1.807, 2.05) is 18.2 Å². The molecule has 2 atom stereocenters. The normalized spacial score (nSPS) is 14.8. The summed E-state index contributed by atoms with van der Waals surface area (Å²) in [5, 5.41) is 2.49. The maximum Gasteiger partial charge on any atom is 0.117 e. The second-order valence-electron chi connectivity index (χ2n) is 4.09. The SMILES string of the molecule is CCC(N)C(C)Sc1ncnc2ccccc12. The van der Waals surface area contributed by atoms with Gasteiger partial charge in [0, 0.05) is 16.7 Å². The molecule has 0 radical (unpaired) electrons. The van der Waals surface area contributed by atoms with Crippen molar-refractivity contribution in [3.05, 3.63) is 30.6 Å². The Labute approximate surface area is 106 Å². The van der Waals surface area contributed by atoms with E-state index in [2.05, 4.69) is 29.9 Å². The summed E-state index contributed by atoms with van der Waals surface area (Å²) in [6.07, 6.45) is 2.60. The van der Waals surface area contributed by atoms with E-state index in [1.165, 1.54) is 0 Å². The zero-order valence-electron chi connectivity index (χ0n) is 10.1. The highest BCUT2D eigenvalue weighted by Crippen LogP contribution is 2.29. The molecule has 0 aliphatic carbocycles. The second kappa shape index (κ2) is 5.47. The van der Waals surface area contributed by atoms with Gasteiger partial charge in [0.05, 0.1) is 5.52 Å². The van der Waals surface area contributed by atoms with Crippen molar-refractivity contribution in [1.82, 2.24) is 9.97 Å². The minimum absolute atomic E-state index is 0.203. The molecule has 0 bridgehead atoms. The van der Waals surface area contributed by atoms with E-state index >= 15 is 0 Å². The highest BCUT2D eigenvalue weighted by atomic mass is 32.2. The van der Waals surface area contributed by atoms with Gasteiger partial charge in [-0.05, 0) is 12.5 Å². The van der Waals surface area contributed by atoms with Gasteiger partial charge < -0.3 is 5.73 Å². The molecular formula is C13H17N3S. The number of nitrogens with two attached hydrogens (primary N) is 1. The Morgan fingerprint density at radius 1 is 1.29 bits per heavy atom. The van der Waals surface area contributed by atoms with Gasteiger partial charge in [-0.1, -0.05) is 32.0 Å². The zero-order valence-corrected chi connectivity index (χ0v) is 10.9. The van der Waals surface area contributed by atoms with E-state index in [-0.39, 0.29) is 6.04 Å². The molecule has 0 saturated carbocycles. The van der Waals surface area contributed by atoms with Gasteiger partial charge in [-0.15, -0.1) is 11.8 Å². The molecule has 0 aliphatic rings. The van der Waals surface area contributed by atoms with Gasteiger partial charge in [-0.3, -0.25) is 0 Å². The van der Waals surface area contributed by atoms with E-state index in [0.717, 1.165) is 22.3 Å². The Bertz CT molecular complexity index is 495. The Hall–Kier alpha value is -1.13. The maximum atomic E-state index is 6.04. The minimum atomic E-state index is 0.203. The van der Waals surface area contributed by atoms with Gasteiger partial charge >= 0.3 is 0 Å². The summed E-state index contributed by atoms with van der Waals surface area (Å²) in [4.78, 5) is 8.62. The zero-order chi connectivity index (χ0) is 12.3. The summed E-state index contributed by atoms with van der Waals surface area (Å²) in [5.41, 5.74) is 7.03. The van der Waals surface area contributed by atoms with Gasteiger partial charge in [-0.25, -0.2) is 9.97 Å². The Balaban J connectivity index is 2.30. The number of aromatic nitrogens is 2. The molecule has 1 aromatic carbocycles. The van der Waals surface area contributed by atoms with Crippen LogP contribution in [0.15, 0.2) is 35.6 Å². The van der Waals surface area contributed by atoms with Crippen LogP contribution in [0.2, 0.25) is 0 Å². The summed E-state index contributed by atoms with van der Waals surface area (Å²) in [7, 11) is 0. The molecule has 0 amide bonds. The third kappa shape index (κ3) is 2.76. The largest absolute Gasteiger partial charge is 0.327 e. The fraction of sp³-hybridized carbons (Fsp3) is 0.385. The number of para-hydroxylation sites is 1. The average Bonchev–Trinajstić information content (AvgIpc) is 2.38. The smallest absolute Gasteiger partial charge is 0.117 e. The predicted octanol–water partition coefficient (Wildman–Crippen LogP) is 2.85. The van der Waals surface area contributed by atoms with Crippen LogP contribution in [0.3, 0.4) is 0 Å². The monoisotopic (exact) mass is 247 g/mol. The molecule has 1 aromatic heterocycles. The van der Waals surface area contributed by atoms with Crippen molar-refractivity contribution in [2.75, 3.05) is 0 Å². The minimum Gasteiger partial charge on any atom is -0.327 e. The van der Waals surface area contributed by atoms with Crippen LogP contribution in [0.1, 0.15) is 20.3 Å². The average molecular weight is 247 g/mol. The van der Waals surface area contributed by atoms with Crippen molar-refractivity contribution < 1.29 is 0 Å². The number of fused-ring (bicyclic) bond motifs is 1. The van der Waals surface area contributed by atoms with Gasteiger partial charge in [-0.2, -0.15) is 0 Å². The Morgan fingerprint density at radius 3 is 2.82 bits per heavy atom. The number of hydrogen-bond acceptors (Lipinski definition) is 4.